The fourth-order valence-corrected chi connectivity index (χ4v) is 4.41. The fourth-order valence-electron chi connectivity index (χ4n) is 4.41. The summed E-state index contributed by atoms with van der Waals surface area (Å²) >= 11 is 0. The van der Waals surface area contributed by atoms with Gasteiger partial charge in [0.25, 0.3) is 11.8 Å². The Kier molecular flexibility index (Phi) is 5.99. The predicted octanol–water partition coefficient (Wildman–Crippen LogP) is 3.24. The lowest BCUT2D eigenvalue weighted by atomic mass is 10.0. The fraction of sp³-hybridized carbons (Fsp3) is 0.320. The van der Waals surface area contributed by atoms with Crippen LogP contribution in [-0.4, -0.2) is 49.4 Å². The molecule has 1 amide bonds. The van der Waals surface area contributed by atoms with Crippen LogP contribution in [0.5, 0.6) is 0 Å². The second kappa shape index (κ2) is 9.14. The smallest absolute Gasteiger partial charge is 0.271 e. The number of amides is 1. The van der Waals surface area contributed by atoms with Gasteiger partial charge in [0.15, 0.2) is 0 Å². The zero-order valence-corrected chi connectivity index (χ0v) is 20.0. The van der Waals surface area contributed by atoms with E-state index in [4.69, 9.17) is 5.73 Å². The van der Waals surface area contributed by atoms with Crippen molar-refractivity contribution in [2.24, 2.45) is 0 Å². The predicted molar refractivity (Wildman–Crippen MR) is 132 cm³/mol. The van der Waals surface area contributed by atoms with Crippen LogP contribution in [0.4, 0.5) is 20.5 Å². The van der Waals surface area contributed by atoms with Crippen LogP contribution < -0.4 is 16.0 Å². The molecule has 186 valence electrons. The number of hydrogen-bond donors (Lipinski definition) is 2. The summed E-state index contributed by atoms with van der Waals surface area (Å²) in [6.45, 7) is 4.42. The molecule has 11 heteroatoms. The highest BCUT2D eigenvalue weighted by molar-refractivity contribution is 5.94. The summed E-state index contributed by atoms with van der Waals surface area (Å²) in [6, 6.07) is 5.76. The standard InChI is InChI=1S/C25H26F2N8O/c1-15-18(3-4-20-19(15)5-7-29-22(20)28)11-30-23(36)21-13-35(16(2)33-21)12-17-9-31-24(32-10-17)34-8-6-25(26,27)14-34/h3-5,7,9-10,13H,6,8,11-12,14H2,1-2H3,(H2,28,29)(H,30,36). The number of nitrogens with two attached hydrogens (primary N) is 1. The molecule has 0 saturated carbocycles. The minimum atomic E-state index is -2.70. The maximum atomic E-state index is 13.5. The Morgan fingerprint density at radius 3 is 2.64 bits per heavy atom. The number of halogens is 2. The van der Waals surface area contributed by atoms with Gasteiger partial charge in [0.05, 0.1) is 13.1 Å². The number of rotatable bonds is 6. The molecule has 3 N–H and O–H groups in total. The molecule has 0 radical (unpaired) electrons. The van der Waals surface area contributed by atoms with E-state index < -0.39 is 5.92 Å². The Hall–Kier alpha value is -4.15. The molecule has 0 spiro atoms. The van der Waals surface area contributed by atoms with Gasteiger partial charge in [0, 0.05) is 55.2 Å². The summed E-state index contributed by atoms with van der Waals surface area (Å²) < 4.78 is 28.7. The number of pyridine rings is 1. The molecule has 4 heterocycles. The van der Waals surface area contributed by atoms with Crippen LogP contribution in [0.25, 0.3) is 10.8 Å². The van der Waals surface area contributed by atoms with Gasteiger partial charge in [0.2, 0.25) is 5.95 Å². The third kappa shape index (κ3) is 4.68. The van der Waals surface area contributed by atoms with Crippen molar-refractivity contribution in [1.82, 2.24) is 29.8 Å². The third-order valence-corrected chi connectivity index (χ3v) is 6.50. The summed E-state index contributed by atoms with van der Waals surface area (Å²) in [5.74, 6) is -1.56. The maximum Gasteiger partial charge on any atom is 0.271 e. The molecule has 0 aliphatic carbocycles. The van der Waals surface area contributed by atoms with Gasteiger partial charge in [0.1, 0.15) is 17.3 Å². The first-order valence-electron chi connectivity index (χ1n) is 11.6. The Balaban J connectivity index is 1.24. The van der Waals surface area contributed by atoms with Crippen molar-refractivity contribution in [2.45, 2.75) is 39.3 Å². The first kappa shape index (κ1) is 23.6. The number of alkyl halides is 2. The third-order valence-electron chi connectivity index (χ3n) is 6.50. The van der Waals surface area contributed by atoms with Gasteiger partial charge in [-0.25, -0.2) is 28.7 Å². The monoisotopic (exact) mass is 492 g/mol. The van der Waals surface area contributed by atoms with Crippen LogP contribution in [0.15, 0.2) is 43.0 Å². The van der Waals surface area contributed by atoms with E-state index in [-0.39, 0.29) is 25.4 Å². The molecule has 1 aromatic carbocycles. The van der Waals surface area contributed by atoms with E-state index in [2.05, 4.69) is 25.3 Å². The molecule has 4 aromatic rings. The molecule has 1 aliphatic heterocycles. The number of nitrogens with zero attached hydrogens (tertiary/aromatic N) is 6. The van der Waals surface area contributed by atoms with E-state index in [9.17, 15) is 13.6 Å². The van der Waals surface area contributed by atoms with Gasteiger partial charge in [-0.05, 0) is 36.4 Å². The van der Waals surface area contributed by atoms with E-state index >= 15 is 0 Å². The van der Waals surface area contributed by atoms with Crippen molar-refractivity contribution in [3.63, 3.8) is 0 Å². The number of aromatic nitrogens is 5. The van der Waals surface area contributed by atoms with E-state index in [1.807, 2.05) is 36.6 Å². The molecule has 36 heavy (non-hydrogen) atoms. The normalized spacial score (nSPS) is 14.9. The lowest BCUT2D eigenvalue weighted by Gasteiger charge is -2.15. The highest BCUT2D eigenvalue weighted by Gasteiger charge is 2.39. The number of hydrogen-bond acceptors (Lipinski definition) is 7. The van der Waals surface area contributed by atoms with Gasteiger partial charge in [-0.1, -0.05) is 12.1 Å². The quantitative estimate of drug-likeness (QED) is 0.425. The summed E-state index contributed by atoms with van der Waals surface area (Å²) in [7, 11) is 0. The molecule has 1 fully saturated rings. The highest BCUT2D eigenvalue weighted by Crippen LogP contribution is 2.29. The molecule has 1 aliphatic rings. The average molecular weight is 493 g/mol. The van der Waals surface area contributed by atoms with Gasteiger partial charge in [-0.15, -0.1) is 0 Å². The average Bonchev–Trinajstić information content (AvgIpc) is 3.41. The second-order valence-electron chi connectivity index (χ2n) is 9.04. The lowest BCUT2D eigenvalue weighted by Crippen LogP contribution is -2.26. The van der Waals surface area contributed by atoms with Crippen molar-refractivity contribution in [2.75, 3.05) is 23.7 Å². The summed E-state index contributed by atoms with van der Waals surface area (Å²) in [6.07, 6.45) is 6.39. The Morgan fingerprint density at radius 2 is 1.92 bits per heavy atom. The molecule has 3 aromatic heterocycles. The van der Waals surface area contributed by atoms with Gasteiger partial charge in [-0.2, -0.15) is 0 Å². The first-order valence-corrected chi connectivity index (χ1v) is 11.6. The van der Waals surface area contributed by atoms with E-state index in [1.165, 1.54) is 4.90 Å². The number of anilines is 2. The largest absolute Gasteiger partial charge is 0.383 e. The number of nitrogens with one attached hydrogen (secondary N) is 1. The SMILES string of the molecule is Cc1c(CNC(=O)c2cn(Cc3cnc(N4CCC(F)(F)C4)nc3)c(C)n2)ccc2c(N)nccc12. The lowest BCUT2D eigenvalue weighted by molar-refractivity contribution is 0.0256. The molecular weight excluding hydrogens is 466 g/mol. The molecule has 0 bridgehead atoms. The minimum Gasteiger partial charge on any atom is -0.383 e. The van der Waals surface area contributed by atoms with E-state index in [0.717, 1.165) is 27.5 Å². The van der Waals surface area contributed by atoms with E-state index in [0.29, 0.717) is 36.4 Å². The summed E-state index contributed by atoms with van der Waals surface area (Å²) in [5.41, 5.74) is 9.05. The minimum absolute atomic E-state index is 0.191. The molecular formula is C25H26F2N8O. The number of carbonyl (C=O) groups is 1. The number of aryl methyl sites for hydroxylation is 2. The highest BCUT2D eigenvalue weighted by atomic mass is 19.3. The molecule has 5 rings (SSSR count). The van der Waals surface area contributed by atoms with Crippen molar-refractivity contribution in [3.8, 4) is 0 Å². The number of fused-ring (bicyclic) bond motifs is 1. The molecule has 0 atom stereocenters. The van der Waals surface area contributed by atoms with Gasteiger partial charge < -0.3 is 20.5 Å². The second-order valence-corrected chi connectivity index (χ2v) is 9.04. The van der Waals surface area contributed by atoms with Crippen LogP contribution in [0, 0.1) is 13.8 Å². The molecule has 1 saturated heterocycles. The van der Waals surface area contributed by atoms with Crippen molar-refractivity contribution < 1.29 is 13.6 Å². The number of nitrogen functional groups attached to an aromatic ring is 1. The van der Waals surface area contributed by atoms with Gasteiger partial charge in [-0.3, -0.25) is 4.79 Å². The summed E-state index contributed by atoms with van der Waals surface area (Å²) in [4.78, 5) is 31.3. The number of benzene rings is 1. The van der Waals surface area contributed by atoms with Crippen molar-refractivity contribution >= 4 is 28.4 Å². The number of imidazole rings is 1. The van der Waals surface area contributed by atoms with Crippen LogP contribution in [-0.2, 0) is 13.1 Å². The number of carbonyl (C=O) groups excluding carboxylic acids is 1. The Morgan fingerprint density at radius 1 is 1.14 bits per heavy atom. The van der Waals surface area contributed by atoms with Crippen molar-refractivity contribution in [1.29, 1.82) is 0 Å². The van der Waals surface area contributed by atoms with Crippen LogP contribution in [0.2, 0.25) is 0 Å². The topological polar surface area (TPSA) is 115 Å². The Labute approximate surface area is 206 Å². The first-order chi connectivity index (χ1) is 17.2. The van der Waals surface area contributed by atoms with Crippen molar-refractivity contribution in [3.05, 3.63) is 71.2 Å². The van der Waals surface area contributed by atoms with E-state index in [1.54, 1.807) is 24.8 Å². The van der Waals surface area contributed by atoms with Crippen LogP contribution in [0.1, 0.15) is 39.4 Å². The maximum absolute atomic E-state index is 13.5. The molecule has 0 unspecified atom stereocenters. The Bertz CT molecular complexity index is 1430. The zero-order chi connectivity index (χ0) is 25.4. The zero-order valence-electron chi connectivity index (χ0n) is 20.0. The van der Waals surface area contributed by atoms with Crippen LogP contribution in [0.3, 0.4) is 0 Å². The van der Waals surface area contributed by atoms with Crippen LogP contribution >= 0.6 is 0 Å². The summed E-state index contributed by atoms with van der Waals surface area (Å²) in [5, 5.41) is 4.82. The molecule has 9 nitrogen and oxygen atoms in total. The van der Waals surface area contributed by atoms with Gasteiger partial charge >= 0.3 is 0 Å².